The molecule has 0 aliphatic heterocycles. The number of rotatable bonds is 2. The van der Waals surface area contributed by atoms with E-state index in [1.165, 1.54) is 13.7 Å². The predicted molar refractivity (Wildman–Crippen MR) is 73.4 cm³/mol. The lowest BCUT2D eigenvalue weighted by Crippen LogP contribution is -1.86. The summed E-state index contributed by atoms with van der Waals surface area (Å²) in [5, 5.41) is 2.28. The van der Waals surface area contributed by atoms with Crippen LogP contribution in [0.15, 0.2) is 22.7 Å². The molecule has 0 spiro atoms. The van der Waals surface area contributed by atoms with Gasteiger partial charge in [-0.3, -0.25) is 0 Å². The first-order valence-corrected chi connectivity index (χ1v) is 6.91. The zero-order chi connectivity index (χ0) is 10.1. The van der Waals surface area contributed by atoms with Crippen LogP contribution >= 0.6 is 49.9 Å². The molecule has 0 saturated carbocycles. The smallest absolute Gasteiger partial charge is 0.174 e. The second-order valence-corrected chi connectivity index (χ2v) is 5.92. The van der Waals surface area contributed by atoms with Gasteiger partial charge < -0.3 is 4.74 Å². The first kappa shape index (κ1) is 10.7. The molecule has 0 amide bonds. The molecular formula is C10H8BrIOS. The first-order valence-electron chi connectivity index (χ1n) is 4.22. The minimum atomic E-state index is 0.727. The van der Waals surface area contributed by atoms with Crippen LogP contribution in [0.2, 0.25) is 0 Å². The highest BCUT2D eigenvalue weighted by Crippen LogP contribution is 2.36. The Morgan fingerprint density at radius 3 is 2.93 bits per heavy atom. The average molecular weight is 383 g/mol. The molecular weight excluding hydrogens is 375 g/mol. The normalized spacial score (nSPS) is 10.8. The van der Waals surface area contributed by atoms with Gasteiger partial charge in [-0.1, -0.05) is 27.3 Å². The third-order valence-corrected chi connectivity index (χ3v) is 4.16. The molecule has 0 saturated heterocycles. The molecule has 14 heavy (non-hydrogen) atoms. The zero-order valence-electron chi connectivity index (χ0n) is 7.51. The van der Waals surface area contributed by atoms with Crippen molar-refractivity contribution in [2.24, 2.45) is 0 Å². The van der Waals surface area contributed by atoms with Gasteiger partial charge >= 0.3 is 0 Å². The Hall–Kier alpha value is 0.190. The maximum Gasteiger partial charge on any atom is 0.174 e. The minimum Gasteiger partial charge on any atom is -0.484 e. The molecule has 74 valence electrons. The lowest BCUT2D eigenvalue weighted by molar-refractivity contribution is 0.350. The van der Waals surface area contributed by atoms with E-state index in [4.69, 9.17) is 4.74 Å². The van der Waals surface area contributed by atoms with Crippen LogP contribution in [0, 0.1) is 3.57 Å². The van der Waals surface area contributed by atoms with Gasteiger partial charge in [-0.2, -0.15) is 0 Å². The maximum absolute atomic E-state index is 5.49. The molecule has 0 bridgehead atoms. The predicted octanol–water partition coefficient (Wildman–Crippen LogP) is 4.67. The number of hydrogen-bond donors (Lipinski definition) is 0. The molecule has 2 aromatic rings. The van der Waals surface area contributed by atoms with Gasteiger partial charge in [-0.25, -0.2) is 0 Å². The zero-order valence-corrected chi connectivity index (χ0v) is 12.1. The highest BCUT2D eigenvalue weighted by atomic mass is 127. The summed E-state index contributed by atoms with van der Waals surface area (Å²) in [6, 6.07) is 6.35. The largest absolute Gasteiger partial charge is 0.484 e. The number of halogens is 2. The Balaban J connectivity index is 2.58. The van der Waals surface area contributed by atoms with Crippen LogP contribution in [0.3, 0.4) is 0 Å². The lowest BCUT2D eigenvalue weighted by atomic mass is 10.3. The Morgan fingerprint density at radius 1 is 1.43 bits per heavy atom. The van der Waals surface area contributed by atoms with E-state index in [2.05, 4.69) is 56.7 Å². The third-order valence-electron chi connectivity index (χ3n) is 1.82. The van der Waals surface area contributed by atoms with Crippen LogP contribution in [0.1, 0.15) is 6.92 Å². The van der Waals surface area contributed by atoms with Gasteiger partial charge in [0.25, 0.3) is 0 Å². The maximum atomic E-state index is 5.49. The van der Waals surface area contributed by atoms with E-state index in [1.807, 2.05) is 6.92 Å². The van der Waals surface area contributed by atoms with Crippen molar-refractivity contribution in [3.05, 3.63) is 26.2 Å². The van der Waals surface area contributed by atoms with E-state index < -0.39 is 0 Å². The Morgan fingerprint density at radius 2 is 2.21 bits per heavy atom. The Labute approximate surface area is 109 Å². The van der Waals surface area contributed by atoms with Gasteiger partial charge in [0.15, 0.2) is 5.06 Å². The van der Waals surface area contributed by atoms with Crippen LogP contribution < -0.4 is 4.74 Å². The molecule has 4 heteroatoms. The van der Waals surface area contributed by atoms with Gasteiger partial charge in [0.1, 0.15) is 0 Å². The molecule has 1 aromatic carbocycles. The molecule has 1 nitrogen and oxygen atoms in total. The highest BCUT2D eigenvalue weighted by molar-refractivity contribution is 14.1. The van der Waals surface area contributed by atoms with E-state index >= 15 is 0 Å². The number of thiophene rings is 1. The van der Waals surface area contributed by atoms with Crippen molar-refractivity contribution < 1.29 is 4.74 Å². The Kier molecular flexibility index (Phi) is 3.34. The number of hydrogen-bond acceptors (Lipinski definition) is 2. The standard InChI is InChI=1S/C10H8BrIOS/c1-2-13-10-5-7-8(12)3-6(11)4-9(7)14-10/h3-5H,2H2,1H3. The van der Waals surface area contributed by atoms with Crippen molar-refractivity contribution in [2.45, 2.75) is 6.92 Å². The fraction of sp³-hybridized carbons (Fsp3) is 0.200. The van der Waals surface area contributed by atoms with Crippen molar-refractivity contribution in [3.63, 3.8) is 0 Å². The quantitative estimate of drug-likeness (QED) is 0.686. The molecule has 2 rings (SSSR count). The van der Waals surface area contributed by atoms with Crippen molar-refractivity contribution in [1.29, 1.82) is 0 Å². The van der Waals surface area contributed by atoms with E-state index in [0.717, 1.165) is 16.1 Å². The van der Waals surface area contributed by atoms with Crippen LogP contribution in [0.4, 0.5) is 0 Å². The van der Waals surface area contributed by atoms with Gasteiger partial charge in [0, 0.05) is 24.2 Å². The topological polar surface area (TPSA) is 9.23 Å². The molecule has 0 aliphatic rings. The fourth-order valence-electron chi connectivity index (χ4n) is 1.25. The third kappa shape index (κ3) is 2.06. The van der Waals surface area contributed by atoms with Crippen LogP contribution in [-0.4, -0.2) is 6.61 Å². The van der Waals surface area contributed by atoms with Crippen LogP contribution in [-0.2, 0) is 0 Å². The molecule has 1 heterocycles. The number of fused-ring (bicyclic) bond motifs is 1. The second kappa shape index (κ2) is 4.37. The molecule has 1 aromatic heterocycles. The number of benzene rings is 1. The summed E-state index contributed by atoms with van der Waals surface area (Å²) >= 11 is 7.53. The molecule has 0 radical (unpaired) electrons. The molecule has 0 aliphatic carbocycles. The minimum absolute atomic E-state index is 0.727. The average Bonchev–Trinajstić information content (AvgIpc) is 2.48. The van der Waals surface area contributed by atoms with Crippen molar-refractivity contribution in [1.82, 2.24) is 0 Å². The summed E-state index contributed by atoms with van der Waals surface area (Å²) in [6.45, 7) is 2.73. The molecule has 0 N–H and O–H groups in total. The summed E-state index contributed by atoms with van der Waals surface area (Å²) in [5.41, 5.74) is 0. The van der Waals surface area contributed by atoms with Crippen molar-refractivity contribution in [3.8, 4) is 5.06 Å². The van der Waals surface area contributed by atoms with E-state index in [-0.39, 0.29) is 0 Å². The van der Waals surface area contributed by atoms with Gasteiger partial charge in [-0.05, 0) is 41.6 Å². The first-order chi connectivity index (χ1) is 6.70. The summed E-state index contributed by atoms with van der Waals surface area (Å²) in [4.78, 5) is 0. The van der Waals surface area contributed by atoms with Gasteiger partial charge in [-0.15, -0.1) is 0 Å². The Bertz CT molecular complexity index is 466. The SMILES string of the molecule is CCOc1cc2c(I)cc(Br)cc2s1. The van der Waals surface area contributed by atoms with E-state index in [9.17, 15) is 0 Å². The molecule has 0 fully saturated rings. The highest BCUT2D eigenvalue weighted by Gasteiger charge is 2.06. The lowest BCUT2D eigenvalue weighted by Gasteiger charge is -1.94. The molecule has 0 unspecified atom stereocenters. The summed E-state index contributed by atoms with van der Waals surface area (Å²) in [7, 11) is 0. The molecule has 0 atom stereocenters. The van der Waals surface area contributed by atoms with Crippen LogP contribution in [0.5, 0.6) is 5.06 Å². The second-order valence-electron chi connectivity index (χ2n) is 2.80. The van der Waals surface area contributed by atoms with Gasteiger partial charge in [0.2, 0.25) is 0 Å². The summed E-state index contributed by atoms with van der Waals surface area (Å²) in [5.74, 6) is 0. The van der Waals surface area contributed by atoms with Crippen molar-refractivity contribution in [2.75, 3.05) is 6.61 Å². The van der Waals surface area contributed by atoms with E-state index in [1.54, 1.807) is 11.3 Å². The number of ether oxygens (including phenoxy) is 1. The summed E-state index contributed by atoms with van der Waals surface area (Å²) < 4.78 is 9.14. The van der Waals surface area contributed by atoms with Gasteiger partial charge in [0.05, 0.1) is 6.61 Å². The van der Waals surface area contributed by atoms with Crippen LogP contribution in [0.25, 0.3) is 10.1 Å². The monoisotopic (exact) mass is 382 g/mol. The summed E-state index contributed by atoms with van der Waals surface area (Å²) in [6.07, 6.45) is 0. The van der Waals surface area contributed by atoms with E-state index in [0.29, 0.717) is 0 Å². The van der Waals surface area contributed by atoms with Crippen molar-refractivity contribution >= 4 is 59.9 Å². The fourth-order valence-corrected chi connectivity index (χ4v) is 4.29.